The van der Waals surface area contributed by atoms with Crippen LogP contribution in [0.25, 0.3) is 0 Å². The zero-order valence-corrected chi connectivity index (χ0v) is 9.06. The minimum absolute atomic E-state index is 0.533. The fourth-order valence-electron chi connectivity index (χ4n) is 1.42. The molecule has 1 rings (SSSR count). The van der Waals surface area contributed by atoms with E-state index in [1.807, 2.05) is 0 Å². The Balaban J connectivity index is 3.09. The highest BCUT2D eigenvalue weighted by Crippen LogP contribution is 2.25. The fourth-order valence-corrected chi connectivity index (χ4v) is 1.42. The third-order valence-electron chi connectivity index (χ3n) is 2.20. The molecule has 82 valence electrons. The maximum atomic E-state index is 10.2. The Kier molecular flexibility index (Phi) is 4.87. The van der Waals surface area contributed by atoms with Gasteiger partial charge in [0.05, 0.1) is 11.4 Å². The number of benzene rings is 1. The SMILES string of the molecule is CCCCc1cc(N=C=O)ccc1N=C=O. The molecule has 1 aromatic rings. The average Bonchev–Trinajstić information content (AvgIpc) is 2.30. The summed E-state index contributed by atoms with van der Waals surface area (Å²) in [6.07, 6.45) is 5.85. The maximum Gasteiger partial charge on any atom is 0.240 e. The van der Waals surface area contributed by atoms with E-state index in [-0.39, 0.29) is 0 Å². The number of rotatable bonds is 5. The molecular weight excluding hydrogens is 204 g/mol. The highest BCUT2D eigenvalue weighted by atomic mass is 16.1. The standard InChI is InChI=1S/C12H12N2O2/c1-2-3-4-10-7-11(13-8-15)5-6-12(10)14-9-16/h5-7H,2-4H2,1H3. The van der Waals surface area contributed by atoms with Crippen molar-refractivity contribution in [2.24, 2.45) is 9.98 Å². The third kappa shape index (κ3) is 3.28. The molecule has 0 bridgehead atoms. The monoisotopic (exact) mass is 216 g/mol. The molecule has 0 aliphatic rings. The van der Waals surface area contributed by atoms with E-state index in [9.17, 15) is 9.59 Å². The van der Waals surface area contributed by atoms with Gasteiger partial charge in [0.1, 0.15) is 0 Å². The molecule has 0 radical (unpaired) electrons. The predicted octanol–water partition coefficient (Wildman–Crippen LogP) is 2.96. The zero-order chi connectivity index (χ0) is 11.8. The first-order chi connectivity index (χ1) is 7.81. The van der Waals surface area contributed by atoms with Crippen molar-refractivity contribution in [3.63, 3.8) is 0 Å². The van der Waals surface area contributed by atoms with Crippen molar-refractivity contribution in [1.82, 2.24) is 0 Å². The van der Waals surface area contributed by atoms with E-state index in [1.54, 1.807) is 18.2 Å². The summed E-state index contributed by atoms with van der Waals surface area (Å²) >= 11 is 0. The topological polar surface area (TPSA) is 58.9 Å². The summed E-state index contributed by atoms with van der Waals surface area (Å²) in [6, 6.07) is 5.03. The van der Waals surface area contributed by atoms with E-state index < -0.39 is 0 Å². The molecule has 16 heavy (non-hydrogen) atoms. The van der Waals surface area contributed by atoms with Gasteiger partial charge in [-0.25, -0.2) is 9.59 Å². The van der Waals surface area contributed by atoms with Crippen molar-refractivity contribution in [2.45, 2.75) is 26.2 Å². The lowest BCUT2D eigenvalue weighted by Gasteiger charge is -2.04. The van der Waals surface area contributed by atoms with Gasteiger partial charge < -0.3 is 0 Å². The molecule has 0 aliphatic carbocycles. The van der Waals surface area contributed by atoms with Crippen LogP contribution in [0.5, 0.6) is 0 Å². The van der Waals surface area contributed by atoms with Crippen molar-refractivity contribution >= 4 is 23.5 Å². The van der Waals surface area contributed by atoms with E-state index >= 15 is 0 Å². The molecule has 0 saturated carbocycles. The lowest BCUT2D eigenvalue weighted by Crippen LogP contribution is -1.85. The van der Waals surface area contributed by atoms with Crippen LogP contribution in [0.1, 0.15) is 25.3 Å². The molecule has 4 heteroatoms. The highest BCUT2D eigenvalue weighted by Gasteiger charge is 2.02. The molecule has 0 fully saturated rings. The van der Waals surface area contributed by atoms with Gasteiger partial charge in [0.2, 0.25) is 12.2 Å². The minimum atomic E-state index is 0.533. The molecule has 0 N–H and O–H groups in total. The molecule has 0 aromatic heterocycles. The molecule has 0 aliphatic heterocycles. The first-order valence-electron chi connectivity index (χ1n) is 5.10. The van der Waals surface area contributed by atoms with Crippen molar-refractivity contribution in [3.8, 4) is 0 Å². The third-order valence-corrected chi connectivity index (χ3v) is 2.20. The van der Waals surface area contributed by atoms with Crippen LogP contribution in [0.3, 0.4) is 0 Å². The summed E-state index contributed by atoms with van der Waals surface area (Å²) in [4.78, 5) is 27.5. The summed E-state index contributed by atoms with van der Waals surface area (Å²) in [6.45, 7) is 2.08. The molecule has 0 amide bonds. The van der Waals surface area contributed by atoms with Crippen LogP contribution in [-0.4, -0.2) is 12.2 Å². The smallest absolute Gasteiger partial charge is 0.211 e. The van der Waals surface area contributed by atoms with Crippen LogP contribution in [0, 0.1) is 0 Å². The van der Waals surface area contributed by atoms with Crippen LogP contribution in [0.2, 0.25) is 0 Å². The Morgan fingerprint density at radius 3 is 2.56 bits per heavy atom. The Hall–Kier alpha value is -2.02. The summed E-state index contributed by atoms with van der Waals surface area (Å²) < 4.78 is 0. The number of aliphatic imine (C=N–C) groups is 2. The molecule has 1 aromatic carbocycles. The van der Waals surface area contributed by atoms with Gasteiger partial charge in [-0.2, -0.15) is 9.98 Å². The van der Waals surface area contributed by atoms with Crippen molar-refractivity contribution in [1.29, 1.82) is 0 Å². The van der Waals surface area contributed by atoms with Gasteiger partial charge in [0, 0.05) is 0 Å². The number of hydrogen-bond acceptors (Lipinski definition) is 4. The number of aryl methyl sites for hydroxylation is 1. The second kappa shape index (κ2) is 6.46. The van der Waals surface area contributed by atoms with E-state index in [0.29, 0.717) is 11.4 Å². The zero-order valence-electron chi connectivity index (χ0n) is 9.06. The lowest BCUT2D eigenvalue weighted by atomic mass is 10.1. The van der Waals surface area contributed by atoms with Gasteiger partial charge in [-0.3, -0.25) is 0 Å². The average molecular weight is 216 g/mol. The van der Waals surface area contributed by atoms with Crippen molar-refractivity contribution in [3.05, 3.63) is 23.8 Å². The molecule has 0 unspecified atom stereocenters. The van der Waals surface area contributed by atoms with E-state index in [0.717, 1.165) is 24.8 Å². The summed E-state index contributed by atoms with van der Waals surface area (Å²) in [5.41, 5.74) is 2.03. The number of nitrogens with zero attached hydrogens (tertiary/aromatic N) is 2. The molecule has 0 atom stereocenters. The van der Waals surface area contributed by atoms with Gasteiger partial charge >= 0.3 is 0 Å². The first-order valence-corrected chi connectivity index (χ1v) is 5.10. The Morgan fingerprint density at radius 2 is 1.94 bits per heavy atom. The van der Waals surface area contributed by atoms with Gasteiger partial charge in [-0.1, -0.05) is 13.3 Å². The van der Waals surface area contributed by atoms with E-state index in [4.69, 9.17) is 0 Å². The van der Waals surface area contributed by atoms with Crippen molar-refractivity contribution in [2.75, 3.05) is 0 Å². The number of carbonyl (C=O) groups excluding carboxylic acids is 2. The van der Waals surface area contributed by atoms with Gasteiger partial charge in [-0.15, -0.1) is 0 Å². The van der Waals surface area contributed by atoms with E-state index in [2.05, 4.69) is 16.9 Å². The quantitative estimate of drug-likeness (QED) is 0.561. The van der Waals surface area contributed by atoms with E-state index in [1.165, 1.54) is 12.2 Å². The molecule has 0 heterocycles. The molecule has 0 spiro atoms. The van der Waals surface area contributed by atoms with Crippen molar-refractivity contribution < 1.29 is 9.59 Å². The Bertz CT molecular complexity index is 456. The number of hydrogen-bond donors (Lipinski definition) is 0. The highest BCUT2D eigenvalue weighted by molar-refractivity contribution is 5.60. The minimum Gasteiger partial charge on any atom is -0.211 e. The van der Waals surface area contributed by atoms with Crippen LogP contribution < -0.4 is 0 Å². The lowest BCUT2D eigenvalue weighted by molar-refractivity contribution is 0.564. The number of unbranched alkanes of at least 4 members (excludes halogenated alkanes) is 1. The fraction of sp³-hybridized carbons (Fsp3) is 0.333. The molecule has 0 saturated heterocycles. The predicted molar refractivity (Wildman–Crippen MR) is 60.6 cm³/mol. The number of isocyanates is 2. The van der Waals surface area contributed by atoms with Crippen LogP contribution >= 0.6 is 0 Å². The van der Waals surface area contributed by atoms with Crippen LogP contribution in [-0.2, 0) is 16.0 Å². The molecule has 4 nitrogen and oxygen atoms in total. The Labute approximate surface area is 93.7 Å². The van der Waals surface area contributed by atoms with Gasteiger partial charge in [-0.05, 0) is 36.6 Å². The summed E-state index contributed by atoms with van der Waals surface area (Å²) in [7, 11) is 0. The second-order valence-electron chi connectivity index (χ2n) is 3.32. The summed E-state index contributed by atoms with van der Waals surface area (Å²) in [5.74, 6) is 0. The van der Waals surface area contributed by atoms with Gasteiger partial charge in [0.25, 0.3) is 0 Å². The van der Waals surface area contributed by atoms with Crippen LogP contribution in [0.4, 0.5) is 11.4 Å². The maximum absolute atomic E-state index is 10.2. The summed E-state index contributed by atoms with van der Waals surface area (Å²) in [5, 5.41) is 0. The Morgan fingerprint density at radius 1 is 1.19 bits per heavy atom. The molecular formula is C12H12N2O2. The second-order valence-corrected chi connectivity index (χ2v) is 3.32. The largest absolute Gasteiger partial charge is 0.240 e. The first kappa shape index (κ1) is 12.1. The normalized spacial score (nSPS) is 9.06. The van der Waals surface area contributed by atoms with Crippen LogP contribution in [0.15, 0.2) is 28.2 Å². The van der Waals surface area contributed by atoms with Gasteiger partial charge in [0.15, 0.2) is 0 Å².